The van der Waals surface area contributed by atoms with Crippen molar-refractivity contribution < 1.29 is 21.4 Å². The van der Waals surface area contributed by atoms with Crippen molar-refractivity contribution in [3.05, 3.63) is 0 Å². The molecule has 0 spiro atoms. The van der Waals surface area contributed by atoms with Gasteiger partial charge >= 0.3 is 0 Å². The van der Waals surface area contributed by atoms with E-state index in [9.17, 15) is 21.4 Å². The normalized spacial score (nSPS) is 43.3. The Morgan fingerprint density at radius 1 is 0.889 bits per heavy atom. The third-order valence-electron chi connectivity index (χ3n) is 4.94. The summed E-state index contributed by atoms with van der Waals surface area (Å²) in [6.45, 7) is 0. The highest BCUT2D eigenvalue weighted by Crippen LogP contribution is 2.58. The summed E-state index contributed by atoms with van der Waals surface area (Å²) in [5.41, 5.74) is 0. The van der Waals surface area contributed by atoms with E-state index in [-0.39, 0.29) is 0 Å². The molecule has 0 radical (unpaired) electrons. The zero-order chi connectivity index (χ0) is 13.2. The molecule has 0 unspecified atom stereocenters. The fraction of sp³-hybridized carbons (Fsp3) is 1.00. The first-order valence-electron chi connectivity index (χ1n) is 6.35. The summed E-state index contributed by atoms with van der Waals surface area (Å²) in [7, 11) is -8.55. The van der Waals surface area contributed by atoms with Crippen LogP contribution in [0.15, 0.2) is 0 Å². The molecule has 0 aliphatic heterocycles. The van der Waals surface area contributed by atoms with Crippen molar-refractivity contribution in [3.63, 3.8) is 0 Å². The maximum absolute atomic E-state index is 12.3. The van der Waals surface area contributed by atoms with Gasteiger partial charge < -0.3 is 4.55 Å². The van der Waals surface area contributed by atoms with Crippen molar-refractivity contribution in [2.45, 2.75) is 43.3 Å². The molecule has 4 bridgehead atoms. The van der Waals surface area contributed by atoms with Gasteiger partial charge in [0.2, 0.25) is 0 Å². The van der Waals surface area contributed by atoms with E-state index in [1.807, 2.05) is 0 Å². The molecule has 0 amide bonds. The SMILES string of the molecule is O=S(=O)([O-])CS(=O)(=O)C12CC3CC(CC(C3)C1)C2. The molecule has 0 saturated heterocycles. The van der Waals surface area contributed by atoms with Crippen molar-refractivity contribution in [1.82, 2.24) is 0 Å². The minimum absolute atomic E-state index is 0.417. The van der Waals surface area contributed by atoms with Gasteiger partial charge in [-0.1, -0.05) is 0 Å². The second kappa shape index (κ2) is 3.70. The first-order valence-corrected chi connectivity index (χ1v) is 9.58. The summed E-state index contributed by atoms with van der Waals surface area (Å²) in [6, 6.07) is 0. The van der Waals surface area contributed by atoms with E-state index in [4.69, 9.17) is 0 Å². The van der Waals surface area contributed by atoms with Gasteiger partial charge in [0.1, 0.15) is 15.2 Å². The molecule has 104 valence electrons. The van der Waals surface area contributed by atoms with Crippen LogP contribution in [0.25, 0.3) is 0 Å². The van der Waals surface area contributed by atoms with Gasteiger partial charge in [-0.05, 0) is 56.3 Å². The van der Waals surface area contributed by atoms with E-state index in [0.717, 1.165) is 19.3 Å². The van der Waals surface area contributed by atoms with E-state index in [2.05, 4.69) is 0 Å². The van der Waals surface area contributed by atoms with Gasteiger partial charge in [0.25, 0.3) is 0 Å². The highest BCUT2D eigenvalue weighted by atomic mass is 32.3. The van der Waals surface area contributed by atoms with E-state index >= 15 is 0 Å². The van der Waals surface area contributed by atoms with E-state index in [1.165, 1.54) is 0 Å². The van der Waals surface area contributed by atoms with Crippen LogP contribution in [0.2, 0.25) is 0 Å². The van der Waals surface area contributed by atoms with Gasteiger partial charge in [0.05, 0.1) is 4.75 Å². The molecular formula is C11H17O5S2-. The van der Waals surface area contributed by atoms with Crippen LogP contribution in [0, 0.1) is 17.8 Å². The predicted octanol–water partition coefficient (Wildman–Crippen LogP) is 0.873. The van der Waals surface area contributed by atoms with E-state index in [1.54, 1.807) is 0 Å². The molecule has 0 N–H and O–H groups in total. The zero-order valence-corrected chi connectivity index (χ0v) is 11.7. The van der Waals surface area contributed by atoms with Crippen molar-refractivity contribution in [2.75, 3.05) is 5.08 Å². The van der Waals surface area contributed by atoms with Crippen LogP contribution < -0.4 is 0 Å². The molecule has 0 heterocycles. The number of hydrogen-bond donors (Lipinski definition) is 0. The predicted molar refractivity (Wildman–Crippen MR) is 64.4 cm³/mol. The fourth-order valence-electron chi connectivity index (χ4n) is 4.73. The lowest BCUT2D eigenvalue weighted by Crippen LogP contribution is -2.55. The third kappa shape index (κ3) is 2.00. The smallest absolute Gasteiger partial charge is 0.169 e. The van der Waals surface area contributed by atoms with Gasteiger partial charge in [-0.3, -0.25) is 0 Å². The Labute approximate surface area is 108 Å². The molecule has 7 heteroatoms. The Bertz CT molecular complexity index is 525. The molecular weight excluding hydrogens is 276 g/mol. The number of rotatable bonds is 3. The van der Waals surface area contributed by atoms with Gasteiger partial charge in [-0.25, -0.2) is 16.8 Å². The average molecular weight is 293 g/mol. The second-order valence-corrected chi connectivity index (χ2v) is 10.5. The molecule has 0 aromatic rings. The van der Waals surface area contributed by atoms with E-state index in [0.29, 0.717) is 37.0 Å². The molecule has 0 aromatic carbocycles. The molecule has 4 aliphatic rings. The van der Waals surface area contributed by atoms with Crippen LogP contribution in [0.3, 0.4) is 0 Å². The Kier molecular flexibility index (Phi) is 2.65. The topological polar surface area (TPSA) is 91.3 Å². The van der Waals surface area contributed by atoms with Crippen molar-refractivity contribution in [3.8, 4) is 0 Å². The molecule has 0 atom stereocenters. The highest BCUT2D eigenvalue weighted by Gasteiger charge is 2.57. The average Bonchev–Trinajstić information content (AvgIpc) is 2.10. The van der Waals surface area contributed by atoms with Crippen molar-refractivity contribution in [2.24, 2.45) is 17.8 Å². The first kappa shape index (κ1) is 12.9. The van der Waals surface area contributed by atoms with Crippen LogP contribution in [0.5, 0.6) is 0 Å². The summed E-state index contributed by atoms with van der Waals surface area (Å²) in [6.07, 6.45) is 4.95. The Balaban J connectivity index is 1.96. The molecule has 0 aromatic heterocycles. The Morgan fingerprint density at radius 3 is 1.61 bits per heavy atom. The standard InChI is InChI=1S/C11H18O5S2/c12-17(13,7-18(14,15)16)11-4-8-1-9(5-11)3-10(2-8)6-11/h8-10H,1-7H2,(H,14,15,16)/p-1. The largest absolute Gasteiger partial charge is 0.747 e. The summed E-state index contributed by atoms with van der Waals surface area (Å²) < 4.78 is 56.2. The quantitative estimate of drug-likeness (QED) is 0.720. The van der Waals surface area contributed by atoms with E-state index < -0.39 is 29.8 Å². The van der Waals surface area contributed by atoms with Gasteiger partial charge in [-0.2, -0.15) is 0 Å². The van der Waals surface area contributed by atoms with Crippen LogP contribution in [-0.2, 0) is 20.0 Å². The maximum atomic E-state index is 12.3. The monoisotopic (exact) mass is 293 g/mol. The molecule has 4 rings (SSSR count). The first-order chi connectivity index (χ1) is 8.19. The molecule has 4 fully saturated rings. The van der Waals surface area contributed by atoms with Crippen LogP contribution >= 0.6 is 0 Å². The van der Waals surface area contributed by atoms with Gasteiger partial charge in [-0.15, -0.1) is 0 Å². The molecule has 5 nitrogen and oxygen atoms in total. The Morgan fingerprint density at radius 2 is 1.28 bits per heavy atom. The molecule has 4 saturated carbocycles. The lowest BCUT2D eigenvalue weighted by Gasteiger charge is -2.55. The van der Waals surface area contributed by atoms with Crippen LogP contribution in [0.4, 0.5) is 0 Å². The summed E-state index contributed by atoms with van der Waals surface area (Å²) in [5, 5.41) is -1.22. The van der Waals surface area contributed by atoms with Crippen LogP contribution in [-0.4, -0.2) is 31.2 Å². The fourth-order valence-corrected chi connectivity index (χ4v) is 8.72. The minimum atomic E-state index is -4.71. The number of hydrogen-bond acceptors (Lipinski definition) is 5. The lowest BCUT2D eigenvalue weighted by molar-refractivity contribution is 0.0340. The minimum Gasteiger partial charge on any atom is -0.747 e. The van der Waals surface area contributed by atoms with Gasteiger partial charge in [0.15, 0.2) is 9.84 Å². The van der Waals surface area contributed by atoms with Crippen LogP contribution in [0.1, 0.15) is 38.5 Å². The second-order valence-electron chi connectivity index (χ2n) is 6.39. The summed E-state index contributed by atoms with van der Waals surface area (Å²) >= 11 is 0. The van der Waals surface area contributed by atoms with Gasteiger partial charge in [0, 0.05) is 0 Å². The maximum Gasteiger partial charge on any atom is 0.169 e. The third-order valence-corrected chi connectivity index (χ3v) is 9.16. The number of sulfone groups is 1. The highest BCUT2D eigenvalue weighted by molar-refractivity contribution is 8.06. The summed E-state index contributed by atoms with van der Waals surface area (Å²) in [4.78, 5) is 0. The molecule has 4 aliphatic carbocycles. The lowest BCUT2D eigenvalue weighted by atomic mass is 9.56. The van der Waals surface area contributed by atoms with Crippen molar-refractivity contribution in [1.29, 1.82) is 0 Å². The molecule has 18 heavy (non-hydrogen) atoms. The van der Waals surface area contributed by atoms with Crippen molar-refractivity contribution >= 4 is 20.0 Å². The summed E-state index contributed by atoms with van der Waals surface area (Å²) in [5.74, 6) is 1.25. The zero-order valence-electron chi connectivity index (χ0n) is 10.0. The Hall–Kier alpha value is -0.140.